The number of benzene rings is 1. The lowest BCUT2D eigenvalue weighted by Crippen LogP contribution is -2.48. The quantitative estimate of drug-likeness (QED) is 0.500. The van der Waals surface area contributed by atoms with E-state index in [4.69, 9.17) is 9.47 Å². The van der Waals surface area contributed by atoms with Crippen molar-refractivity contribution in [3.8, 4) is 17.5 Å². The van der Waals surface area contributed by atoms with Gasteiger partial charge in [0.25, 0.3) is 0 Å². The normalized spacial score (nSPS) is 22.1. The van der Waals surface area contributed by atoms with Crippen LogP contribution in [0.3, 0.4) is 0 Å². The third-order valence-corrected chi connectivity index (χ3v) is 5.21. The van der Waals surface area contributed by atoms with Crippen LogP contribution in [0, 0.1) is 10.1 Å². The molecule has 1 fully saturated rings. The molecule has 12 heteroatoms. The number of imidazole rings is 1. The molecule has 2 aromatic rings. The molecule has 168 valence electrons. The first-order valence-corrected chi connectivity index (χ1v) is 9.74. The van der Waals surface area contributed by atoms with Crippen LogP contribution in [0.15, 0.2) is 30.5 Å². The molecule has 0 saturated carbocycles. The first kappa shape index (κ1) is 21.2. The largest absolute Gasteiger partial charge is 0.573 e. The summed E-state index contributed by atoms with van der Waals surface area (Å²) in [5.41, 5.74) is -0.528. The second-order valence-corrected chi connectivity index (χ2v) is 7.93. The summed E-state index contributed by atoms with van der Waals surface area (Å²) in [5.74, 6) is -0.0242. The van der Waals surface area contributed by atoms with E-state index in [0.29, 0.717) is 18.8 Å². The molecule has 0 bridgehead atoms. The van der Waals surface area contributed by atoms with E-state index in [2.05, 4.69) is 14.6 Å². The van der Waals surface area contributed by atoms with Crippen molar-refractivity contribution in [1.29, 1.82) is 0 Å². The lowest BCUT2D eigenvalue weighted by molar-refractivity contribution is -0.389. The van der Waals surface area contributed by atoms with Gasteiger partial charge in [0.15, 0.2) is 0 Å². The number of nitrogens with zero attached hydrogens (tertiary/aromatic N) is 4. The summed E-state index contributed by atoms with van der Waals surface area (Å²) in [6.45, 7) is 4.59. The van der Waals surface area contributed by atoms with Gasteiger partial charge >= 0.3 is 18.2 Å². The molecule has 4 rings (SSSR count). The molecule has 3 heterocycles. The van der Waals surface area contributed by atoms with Crippen molar-refractivity contribution in [2.24, 2.45) is 0 Å². The average Bonchev–Trinajstić information content (AvgIpc) is 3.19. The molecule has 1 atom stereocenters. The van der Waals surface area contributed by atoms with Gasteiger partial charge in [0.05, 0.1) is 6.54 Å². The van der Waals surface area contributed by atoms with Gasteiger partial charge in [0, 0.05) is 24.6 Å². The fourth-order valence-corrected chi connectivity index (χ4v) is 3.93. The van der Waals surface area contributed by atoms with E-state index < -0.39 is 16.9 Å². The number of halogens is 3. The molecular formula is C19H21F3N4O5. The Kier molecular flexibility index (Phi) is 5.42. The molecule has 31 heavy (non-hydrogen) atoms. The van der Waals surface area contributed by atoms with Crippen molar-refractivity contribution in [3.05, 3.63) is 40.6 Å². The highest BCUT2D eigenvalue weighted by molar-refractivity contribution is 5.31. The number of ether oxygens (including phenoxy) is 3. The molecule has 0 unspecified atom stereocenters. The van der Waals surface area contributed by atoms with Crippen molar-refractivity contribution in [3.63, 3.8) is 0 Å². The van der Waals surface area contributed by atoms with Crippen LogP contribution >= 0.6 is 0 Å². The van der Waals surface area contributed by atoms with E-state index in [1.165, 1.54) is 30.5 Å². The number of alkyl halides is 3. The molecule has 2 aliphatic heterocycles. The first-order valence-electron chi connectivity index (χ1n) is 9.74. The number of rotatable bonds is 6. The minimum atomic E-state index is -4.72. The van der Waals surface area contributed by atoms with Gasteiger partial charge in [-0.3, -0.25) is 9.47 Å². The van der Waals surface area contributed by atoms with E-state index in [1.807, 2.05) is 6.92 Å². The van der Waals surface area contributed by atoms with Gasteiger partial charge < -0.3 is 24.3 Å². The van der Waals surface area contributed by atoms with Crippen LogP contribution in [-0.2, 0) is 6.54 Å². The Hall–Kier alpha value is -3.02. The highest BCUT2D eigenvalue weighted by Gasteiger charge is 2.42. The van der Waals surface area contributed by atoms with Crippen LogP contribution < -0.4 is 14.2 Å². The summed E-state index contributed by atoms with van der Waals surface area (Å²) < 4.78 is 54.0. The van der Waals surface area contributed by atoms with Gasteiger partial charge in [-0.15, -0.1) is 13.2 Å². The number of piperidine rings is 1. The number of aromatic nitrogens is 2. The maximum atomic E-state index is 12.2. The Bertz CT molecular complexity index is 916. The zero-order chi connectivity index (χ0) is 22.2. The molecule has 0 spiro atoms. The summed E-state index contributed by atoms with van der Waals surface area (Å²) in [5, 5.41) is 10.8. The second kappa shape index (κ2) is 7.91. The summed E-state index contributed by atoms with van der Waals surface area (Å²) in [6, 6.07) is 5.63. The minimum absolute atomic E-state index is 0.0407. The van der Waals surface area contributed by atoms with E-state index in [9.17, 15) is 23.3 Å². The first-order chi connectivity index (χ1) is 14.6. The zero-order valence-electron chi connectivity index (χ0n) is 16.7. The van der Waals surface area contributed by atoms with E-state index in [-0.39, 0.29) is 23.7 Å². The molecule has 2 aliphatic rings. The average molecular weight is 442 g/mol. The van der Waals surface area contributed by atoms with Crippen molar-refractivity contribution in [1.82, 2.24) is 14.5 Å². The molecule has 1 aromatic carbocycles. The number of likely N-dealkylation sites (tertiary alicyclic amines) is 1. The van der Waals surface area contributed by atoms with Gasteiger partial charge in [-0.1, -0.05) is 0 Å². The van der Waals surface area contributed by atoms with Crippen LogP contribution in [0.2, 0.25) is 0 Å². The SMILES string of the molecule is C[C@@]1(CN2CCC(Oc3ccc(OC(F)(F)F)cc3)CC2)Cn2cc([N+](=O)[O-])nc2O1. The molecular weight excluding hydrogens is 421 g/mol. The summed E-state index contributed by atoms with van der Waals surface area (Å²) in [6.07, 6.45) is -1.87. The molecule has 1 saturated heterocycles. The Morgan fingerprint density at radius 2 is 1.90 bits per heavy atom. The molecule has 0 aliphatic carbocycles. The second-order valence-electron chi connectivity index (χ2n) is 7.93. The number of hydrogen-bond acceptors (Lipinski definition) is 7. The van der Waals surface area contributed by atoms with Gasteiger partial charge in [-0.2, -0.15) is 0 Å². The standard InChI is InChI=1S/C19H21F3N4O5/c1-18(12-25-10-16(26(27)28)23-17(25)31-18)11-24-8-6-14(7-9-24)29-13-2-4-15(5-3-13)30-19(20,21)22/h2-5,10,14H,6-9,11-12H2,1H3/t18-/m1/s1. The number of nitro groups is 1. The maximum Gasteiger partial charge on any atom is 0.573 e. The van der Waals surface area contributed by atoms with Crippen LogP contribution in [0.4, 0.5) is 19.0 Å². The van der Waals surface area contributed by atoms with E-state index >= 15 is 0 Å². The monoisotopic (exact) mass is 442 g/mol. The van der Waals surface area contributed by atoms with Crippen molar-refractivity contribution in [2.45, 2.75) is 44.4 Å². The highest BCUT2D eigenvalue weighted by atomic mass is 19.4. The van der Waals surface area contributed by atoms with Crippen LogP contribution in [0.1, 0.15) is 19.8 Å². The smallest absolute Gasteiger partial charge is 0.490 e. The fourth-order valence-electron chi connectivity index (χ4n) is 3.93. The van der Waals surface area contributed by atoms with Crippen LogP contribution in [0.25, 0.3) is 0 Å². The zero-order valence-corrected chi connectivity index (χ0v) is 16.7. The highest BCUT2D eigenvalue weighted by Crippen LogP contribution is 2.32. The maximum absolute atomic E-state index is 12.2. The predicted octanol–water partition coefficient (Wildman–Crippen LogP) is 3.38. The molecule has 9 nitrogen and oxygen atoms in total. The minimum Gasteiger partial charge on any atom is -0.490 e. The lowest BCUT2D eigenvalue weighted by Gasteiger charge is -2.36. The lowest BCUT2D eigenvalue weighted by atomic mass is 10.0. The van der Waals surface area contributed by atoms with Crippen LogP contribution in [0.5, 0.6) is 17.5 Å². The Morgan fingerprint density at radius 1 is 1.26 bits per heavy atom. The van der Waals surface area contributed by atoms with Crippen LogP contribution in [-0.4, -0.2) is 57.1 Å². The summed E-state index contributed by atoms with van der Waals surface area (Å²) >= 11 is 0. The summed E-state index contributed by atoms with van der Waals surface area (Å²) in [7, 11) is 0. The Morgan fingerprint density at radius 3 is 2.48 bits per heavy atom. The molecule has 0 N–H and O–H groups in total. The van der Waals surface area contributed by atoms with E-state index in [0.717, 1.165) is 25.9 Å². The Labute approximate surface area is 175 Å². The fraction of sp³-hybridized carbons (Fsp3) is 0.526. The van der Waals surface area contributed by atoms with Crippen molar-refractivity contribution in [2.75, 3.05) is 19.6 Å². The third-order valence-electron chi connectivity index (χ3n) is 5.21. The molecule has 0 radical (unpaired) electrons. The van der Waals surface area contributed by atoms with Crippen molar-refractivity contribution >= 4 is 5.82 Å². The summed E-state index contributed by atoms with van der Waals surface area (Å²) in [4.78, 5) is 16.4. The van der Waals surface area contributed by atoms with Gasteiger partial charge in [0.1, 0.15) is 29.4 Å². The van der Waals surface area contributed by atoms with Gasteiger partial charge in [0.2, 0.25) is 0 Å². The van der Waals surface area contributed by atoms with Crippen molar-refractivity contribution < 1.29 is 32.3 Å². The van der Waals surface area contributed by atoms with Gasteiger partial charge in [-0.05, 0) is 49.0 Å². The topological polar surface area (TPSA) is 91.9 Å². The predicted molar refractivity (Wildman–Crippen MR) is 101 cm³/mol. The molecule has 1 aromatic heterocycles. The van der Waals surface area contributed by atoms with Gasteiger partial charge in [-0.25, -0.2) is 0 Å². The number of fused-ring (bicyclic) bond motifs is 1. The van der Waals surface area contributed by atoms with E-state index in [1.54, 1.807) is 4.57 Å². The third kappa shape index (κ3) is 5.19. The number of hydrogen-bond donors (Lipinski definition) is 0. The molecule has 0 amide bonds. The Balaban J connectivity index is 1.24.